The Hall–Kier alpha value is -0.870. The largest absolute Gasteiger partial charge is 0.313 e. The lowest BCUT2D eigenvalue weighted by Crippen LogP contribution is -2.32. The summed E-state index contributed by atoms with van der Waals surface area (Å²) < 4.78 is 1.94. The summed E-state index contributed by atoms with van der Waals surface area (Å²) in [7, 11) is 2.01. The Kier molecular flexibility index (Phi) is 4.18. The number of hydrogen-bond acceptors (Lipinski definition) is 3. The first-order chi connectivity index (χ1) is 8.22. The Bertz CT molecular complexity index is 358. The van der Waals surface area contributed by atoms with E-state index in [1.54, 1.807) is 0 Å². The van der Waals surface area contributed by atoms with Gasteiger partial charge < -0.3 is 5.32 Å². The Morgan fingerprint density at radius 2 is 2.29 bits per heavy atom. The Morgan fingerprint density at radius 3 is 3.00 bits per heavy atom. The van der Waals surface area contributed by atoms with Gasteiger partial charge in [-0.2, -0.15) is 5.10 Å². The standard InChI is InChI=1S/C13H24N4/c1-4-13-11(8-16(3)15-13)9-17-7-6-12(10-17)14-5-2/h8,12,14H,4-7,9-10H2,1-3H3. The minimum atomic E-state index is 0.682. The van der Waals surface area contributed by atoms with Gasteiger partial charge in [-0.1, -0.05) is 13.8 Å². The van der Waals surface area contributed by atoms with Crippen molar-refractivity contribution in [2.24, 2.45) is 7.05 Å². The molecule has 2 rings (SSSR count). The van der Waals surface area contributed by atoms with Crippen LogP contribution in [0.15, 0.2) is 6.20 Å². The molecule has 0 amide bonds. The first kappa shape index (κ1) is 12.6. The lowest BCUT2D eigenvalue weighted by Gasteiger charge is -2.16. The maximum Gasteiger partial charge on any atom is 0.0666 e. The number of likely N-dealkylation sites (N-methyl/N-ethyl adjacent to an activating group) is 1. The van der Waals surface area contributed by atoms with Gasteiger partial charge in [0, 0.05) is 44.5 Å². The highest BCUT2D eigenvalue weighted by atomic mass is 15.3. The van der Waals surface area contributed by atoms with E-state index in [4.69, 9.17) is 0 Å². The quantitative estimate of drug-likeness (QED) is 0.833. The molecule has 96 valence electrons. The molecule has 1 aliphatic rings. The van der Waals surface area contributed by atoms with E-state index < -0.39 is 0 Å². The fourth-order valence-corrected chi connectivity index (χ4v) is 2.69. The van der Waals surface area contributed by atoms with Crippen LogP contribution in [0.1, 0.15) is 31.5 Å². The number of aryl methyl sites for hydroxylation is 2. The van der Waals surface area contributed by atoms with Crippen LogP contribution in [-0.2, 0) is 20.0 Å². The van der Waals surface area contributed by atoms with Crippen LogP contribution in [0.25, 0.3) is 0 Å². The van der Waals surface area contributed by atoms with E-state index in [1.165, 1.54) is 30.8 Å². The highest BCUT2D eigenvalue weighted by molar-refractivity contribution is 5.17. The highest BCUT2D eigenvalue weighted by Gasteiger charge is 2.22. The number of nitrogens with one attached hydrogen (secondary N) is 1. The molecule has 1 N–H and O–H groups in total. The van der Waals surface area contributed by atoms with Crippen molar-refractivity contribution in [3.8, 4) is 0 Å². The second-order valence-electron chi connectivity index (χ2n) is 4.91. The molecule has 0 spiro atoms. The molecule has 0 radical (unpaired) electrons. The number of hydrogen-bond donors (Lipinski definition) is 1. The topological polar surface area (TPSA) is 33.1 Å². The highest BCUT2D eigenvalue weighted by Crippen LogP contribution is 2.16. The van der Waals surface area contributed by atoms with Gasteiger partial charge >= 0.3 is 0 Å². The fourth-order valence-electron chi connectivity index (χ4n) is 2.69. The molecule has 1 atom stereocenters. The van der Waals surface area contributed by atoms with Crippen molar-refractivity contribution in [1.82, 2.24) is 20.0 Å². The number of aromatic nitrogens is 2. The number of nitrogens with zero attached hydrogens (tertiary/aromatic N) is 3. The van der Waals surface area contributed by atoms with Crippen LogP contribution in [0.2, 0.25) is 0 Å². The molecule has 1 aromatic rings. The second-order valence-corrected chi connectivity index (χ2v) is 4.91. The van der Waals surface area contributed by atoms with Gasteiger partial charge in [-0.05, 0) is 19.4 Å². The van der Waals surface area contributed by atoms with Crippen LogP contribution in [0, 0.1) is 0 Å². The Balaban J connectivity index is 1.93. The Labute approximate surface area is 104 Å². The molecule has 1 unspecified atom stereocenters. The number of likely N-dealkylation sites (tertiary alicyclic amines) is 1. The van der Waals surface area contributed by atoms with Crippen LogP contribution in [-0.4, -0.2) is 40.4 Å². The molecule has 2 heterocycles. The third-order valence-corrected chi connectivity index (χ3v) is 3.49. The molecule has 0 aromatic carbocycles. The van der Waals surface area contributed by atoms with Gasteiger partial charge in [0.15, 0.2) is 0 Å². The SMILES string of the molecule is CCNC1CCN(Cc2cn(C)nc2CC)C1. The third-order valence-electron chi connectivity index (χ3n) is 3.49. The summed E-state index contributed by atoms with van der Waals surface area (Å²) in [5, 5.41) is 8.03. The molecular weight excluding hydrogens is 212 g/mol. The normalized spacial score (nSPS) is 21.2. The molecule has 0 saturated carbocycles. The van der Waals surface area contributed by atoms with Crippen molar-refractivity contribution in [2.45, 2.75) is 39.3 Å². The van der Waals surface area contributed by atoms with E-state index in [0.717, 1.165) is 19.5 Å². The van der Waals surface area contributed by atoms with Crippen LogP contribution >= 0.6 is 0 Å². The van der Waals surface area contributed by atoms with Gasteiger partial charge in [-0.3, -0.25) is 9.58 Å². The zero-order chi connectivity index (χ0) is 12.3. The average Bonchev–Trinajstić information content (AvgIpc) is 2.87. The van der Waals surface area contributed by atoms with Gasteiger partial charge in [-0.25, -0.2) is 0 Å². The molecule has 17 heavy (non-hydrogen) atoms. The maximum atomic E-state index is 4.50. The van der Waals surface area contributed by atoms with Gasteiger partial charge in [-0.15, -0.1) is 0 Å². The van der Waals surface area contributed by atoms with Crippen molar-refractivity contribution in [2.75, 3.05) is 19.6 Å². The van der Waals surface area contributed by atoms with Crippen molar-refractivity contribution in [1.29, 1.82) is 0 Å². The molecule has 1 saturated heterocycles. The molecule has 1 aromatic heterocycles. The van der Waals surface area contributed by atoms with E-state index in [9.17, 15) is 0 Å². The molecule has 4 heteroatoms. The molecular formula is C13H24N4. The zero-order valence-electron chi connectivity index (χ0n) is 11.2. The van der Waals surface area contributed by atoms with E-state index in [0.29, 0.717) is 6.04 Å². The smallest absolute Gasteiger partial charge is 0.0666 e. The lowest BCUT2D eigenvalue weighted by atomic mass is 10.2. The average molecular weight is 236 g/mol. The van der Waals surface area contributed by atoms with Gasteiger partial charge in [0.25, 0.3) is 0 Å². The second kappa shape index (κ2) is 5.65. The number of rotatable bonds is 5. The fraction of sp³-hybridized carbons (Fsp3) is 0.769. The summed E-state index contributed by atoms with van der Waals surface area (Å²) in [5.74, 6) is 0. The van der Waals surface area contributed by atoms with Crippen molar-refractivity contribution in [3.63, 3.8) is 0 Å². The van der Waals surface area contributed by atoms with E-state index in [1.807, 2.05) is 11.7 Å². The van der Waals surface area contributed by atoms with Crippen LogP contribution in [0.3, 0.4) is 0 Å². The molecule has 4 nitrogen and oxygen atoms in total. The predicted octanol–water partition coefficient (Wildman–Crippen LogP) is 1.17. The van der Waals surface area contributed by atoms with Crippen molar-refractivity contribution < 1.29 is 0 Å². The van der Waals surface area contributed by atoms with Crippen LogP contribution in [0.5, 0.6) is 0 Å². The molecule has 0 bridgehead atoms. The first-order valence-electron chi connectivity index (χ1n) is 6.70. The summed E-state index contributed by atoms with van der Waals surface area (Å²) in [6, 6.07) is 0.682. The van der Waals surface area contributed by atoms with Crippen LogP contribution in [0.4, 0.5) is 0 Å². The minimum Gasteiger partial charge on any atom is -0.313 e. The molecule has 0 aliphatic carbocycles. The van der Waals surface area contributed by atoms with E-state index in [-0.39, 0.29) is 0 Å². The molecule has 1 fully saturated rings. The summed E-state index contributed by atoms with van der Waals surface area (Å²) in [6.07, 6.45) is 4.47. The third kappa shape index (κ3) is 3.07. The first-order valence-corrected chi connectivity index (χ1v) is 6.70. The predicted molar refractivity (Wildman–Crippen MR) is 69.9 cm³/mol. The van der Waals surface area contributed by atoms with E-state index in [2.05, 4.69) is 35.4 Å². The molecule has 1 aliphatic heterocycles. The Morgan fingerprint density at radius 1 is 1.47 bits per heavy atom. The van der Waals surface area contributed by atoms with Gasteiger partial charge in [0.2, 0.25) is 0 Å². The summed E-state index contributed by atoms with van der Waals surface area (Å²) in [4.78, 5) is 2.53. The van der Waals surface area contributed by atoms with Crippen molar-refractivity contribution in [3.05, 3.63) is 17.5 Å². The zero-order valence-corrected chi connectivity index (χ0v) is 11.2. The van der Waals surface area contributed by atoms with Crippen LogP contribution < -0.4 is 5.32 Å². The van der Waals surface area contributed by atoms with Gasteiger partial charge in [0.05, 0.1) is 5.69 Å². The minimum absolute atomic E-state index is 0.682. The lowest BCUT2D eigenvalue weighted by molar-refractivity contribution is 0.320. The summed E-state index contributed by atoms with van der Waals surface area (Å²) >= 11 is 0. The maximum absolute atomic E-state index is 4.50. The summed E-state index contributed by atoms with van der Waals surface area (Å²) in [6.45, 7) is 8.86. The van der Waals surface area contributed by atoms with Gasteiger partial charge in [0.1, 0.15) is 0 Å². The van der Waals surface area contributed by atoms with E-state index >= 15 is 0 Å². The summed E-state index contributed by atoms with van der Waals surface area (Å²) in [5.41, 5.74) is 2.64. The monoisotopic (exact) mass is 236 g/mol. The van der Waals surface area contributed by atoms with Crippen molar-refractivity contribution >= 4 is 0 Å².